The van der Waals surface area contributed by atoms with Crippen molar-refractivity contribution in [1.29, 1.82) is 0 Å². The summed E-state index contributed by atoms with van der Waals surface area (Å²) in [6.45, 7) is 1.87. The van der Waals surface area contributed by atoms with Crippen molar-refractivity contribution in [2.45, 2.75) is 17.7 Å². The van der Waals surface area contributed by atoms with Gasteiger partial charge in [-0.1, -0.05) is 18.2 Å². The first-order chi connectivity index (χ1) is 14.5. The Morgan fingerprint density at radius 3 is 2.50 bits per heavy atom. The highest BCUT2D eigenvalue weighted by Crippen LogP contribution is 2.40. The fourth-order valence-corrected chi connectivity index (χ4v) is 5.43. The predicted octanol–water partition coefficient (Wildman–Crippen LogP) is 2.70. The molecule has 158 valence electrons. The molecular formula is C22H24N2O5S. The number of carbonyl (C=O) groups is 1. The molecule has 2 aromatic carbocycles. The summed E-state index contributed by atoms with van der Waals surface area (Å²) in [6, 6.07) is 10.7. The second-order valence-corrected chi connectivity index (χ2v) is 9.05. The van der Waals surface area contributed by atoms with E-state index in [9.17, 15) is 13.2 Å². The molecule has 2 aliphatic rings. The maximum absolute atomic E-state index is 13.6. The topological polar surface area (TPSA) is 76.2 Å². The molecule has 0 atom stereocenters. The summed E-state index contributed by atoms with van der Waals surface area (Å²) < 4.78 is 39.4. The number of ether oxygens (including phenoxy) is 2. The molecule has 0 aliphatic carbocycles. The largest absolute Gasteiger partial charge is 0.493 e. The van der Waals surface area contributed by atoms with E-state index >= 15 is 0 Å². The summed E-state index contributed by atoms with van der Waals surface area (Å²) in [5.74, 6) is 0.351. The molecule has 0 bridgehead atoms. The van der Waals surface area contributed by atoms with Crippen LogP contribution in [0.5, 0.6) is 11.5 Å². The van der Waals surface area contributed by atoms with Crippen LogP contribution in [0.25, 0.3) is 6.08 Å². The minimum absolute atomic E-state index is 0.0112. The van der Waals surface area contributed by atoms with Crippen LogP contribution in [-0.4, -0.2) is 53.1 Å². The van der Waals surface area contributed by atoms with Crippen molar-refractivity contribution in [1.82, 2.24) is 4.90 Å². The average Bonchev–Trinajstić information content (AvgIpc) is 3.15. The fraction of sp³-hybridized carbons (Fsp3) is 0.318. The van der Waals surface area contributed by atoms with Gasteiger partial charge in [0.2, 0.25) is 5.91 Å². The van der Waals surface area contributed by atoms with E-state index in [4.69, 9.17) is 9.47 Å². The lowest BCUT2D eigenvalue weighted by molar-refractivity contribution is -0.129. The first-order valence-corrected chi connectivity index (χ1v) is 11.2. The number of amides is 1. The minimum atomic E-state index is -3.90. The number of fused-ring (bicyclic) bond motifs is 1. The molecule has 0 radical (unpaired) electrons. The van der Waals surface area contributed by atoms with Gasteiger partial charge in [-0.25, -0.2) is 8.42 Å². The zero-order chi connectivity index (χ0) is 21.3. The zero-order valence-corrected chi connectivity index (χ0v) is 17.8. The molecule has 0 spiro atoms. The van der Waals surface area contributed by atoms with Crippen LogP contribution in [-0.2, 0) is 21.2 Å². The van der Waals surface area contributed by atoms with Gasteiger partial charge < -0.3 is 14.4 Å². The number of sulfonamides is 1. The van der Waals surface area contributed by atoms with Gasteiger partial charge in [-0.3, -0.25) is 9.10 Å². The number of benzene rings is 2. The molecular weight excluding hydrogens is 404 g/mol. The SMILES string of the molecule is COc1cc(C=CC(=O)N2CCC2)cc(S(=O)(=O)N2CCc3ccccc32)c1OC. The van der Waals surface area contributed by atoms with Crippen LogP contribution >= 0.6 is 0 Å². The Labute approximate surface area is 176 Å². The zero-order valence-electron chi connectivity index (χ0n) is 17.0. The third-order valence-corrected chi connectivity index (χ3v) is 7.28. The molecule has 8 heteroatoms. The summed E-state index contributed by atoms with van der Waals surface area (Å²) >= 11 is 0. The Hall–Kier alpha value is -3.00. The van der Waals surface area contributed by atoms with Crippen molar-refractivity contribution in [2.24, 2.45) is 0 Å². The van der Waals surface area contributed by atoms with Crippen LogP contribution < -0.4 is 13.8 Å². The number of nitrogens with zero attached hydrogens (tertiary/aromatic N) is 2. The third kappa shape index (κ3) is 3.52. The number of hydrogen-bond acceptors (Lipinski definition) is 5. The Balaban J connectivity index is 1.76. The molecule has 2 aromatic rings. The van der Waals surface area contributed by atoms with Crippen molar-refractivity contribution in [3.05, 3.63) is 53.6 Å². The van der Waals surface area contributed by atoms with Gasteiger partial charge in [-0.2, -0.15) is 0 Å². The van der Waals surface area contributed by atoms with Crippen molar-refractivity contribution < 1.29 is 22.7 Å². The maximum Gasteiger partial charge on any atom is 0.268 e. The van der Waals surface area contributed by atoms with E-state index in [0.29, 0.717) is 30.0 Å². The average molecular weight is 429 g/mol. The van der Waals surface area contributed by atoms with Crippen LogP contribution in [0.1, 0.15) is 17.5 Å². The van der Waals surface area contributed by atoms with E-state index in [-0.39, 0.29) is 16.6 Å². The standard InChI is InChI=1S/C22H24N2O5S/c1-28-19-14-16(8-9-21(25)23-11-5-12-23)15-20(22(19)29-2)30(26,27)24-13-10-17-6-3-4-7-18(17)24/h3-4,6-9,14-15H,5,10-13H2,1-2H3. The van der Waals surface area contributed by atoms with Gasteiger partial charge in [0.05, 0.1) is 19.9 Å². The van der Waals surface area contributed by atoms with Crippen LogP contribution in [0.2, 0.25) is 0 Å². The van der Waals surface area contributed by atoms with E-state index in [0.717, 1.165) is 25.1 Å². The van der Waals surface area contributed by atoms with Crippen LogP contribution in [0.15, 0.2) is 47.4 Å². The molecule has 1 saturated heterocycles. The van der Waals surface area contributed by atoms with Gasteiger partial charge in [0.15, 0.2) is 11.5 Å². The number of likely N-dealkylation sites (tertiary alicyclic amines) is 1. The molecule has 0 aromatic heterocycles. The second kappa shape index (κ2) is 8.02. The molecule has 0 unspecified atom stereocenters. The predicted molar refractivity (Wildman–Crippen MR) is 114 cm³/mol. The van der Waals surface area contributed by atoms with E-state index in [1.165, 1.54) is 30.7 Å². The third-order valence-electron chi connectivity index (χ3n) is 5.47. The summed E-state index contributed by atoms with van der Waals surface area (Å²) in [4.78, 5) is 13.9. The van der Waals surface area contributed by atoms with Crippen molar-refractivity contribution in [3.8, 4) is 11.5 Å². The Kier molecular flexibility index (Phi) is 5.42. The molecule has 0 saturated carbocycles. The normalized spacial score (nSPS) is 15.8. The summed E-state index contributed by atoms with van der Waals surface area (Å²) in [7, 11) is -1.03. The molecule has 30 heavy (non-hydrogen) atoms. The highest BCUT2D eigenvalue weighted by molar-refractivity contribution is 7.93. The van der Waals surface area contributed by atoms with Crippen molar-refractivity contribution in [2.75, 3.05) is 38.2 Å². The first-order valence-electron chi connectivity index (χ1n) is 9.79. The highest BCUT2D eigenvalue weighted by atomic mass is 32.2. The van der Waals surface area contributed by atoms with Crippen LogP contribution in [0, 0.1) is 0 Å². The fourth-order valence-electron chi connectivity index (χ4n) is 3.72. The van der Waals surface area contributed by atoms with Gasteiger partial charge in [0.25, 0.3) is 10.0 Å². The summed E-state index contributed by atoms with van der Waals surface area (Å²) in [5, 5.41) is 0. The van der Waals surface area contributed by atoms with E-state index in [1.807, 2.05) is 18.2 Å². The number of para-hydroxylation sites is 1. The Morgan fingerprint density at radius 2 is 1.83 bits per heavy atom. The van der Waals surface area contributed by atoms with E-state index in [2.05, 4.69) is 0 Å². The smallest absolute Gasteiger partial charge is 0.268 e. The monoisotopic (exact) mass is 428 g/mol. The van der Waals surface area contributed by atoms with Crippen molar-refractivity contribution in [3.63, 3.8) is 0 Å². The first kappa shape index (κ1) is 20.3. The lowest BCUT2D eigenvalue weighted by Gasteiger charge is -2.29. The number of anilines is 1. The van der Waals surface area contributed by atoms with Gasteiger partial charge in [-0.05, 0) is 48.2 Å². The van der Waals surface area contributed by atoms with Crippen molar-refractivity contribution >= 4 is 27.7 Å². The van der Waals surface area contributed by atoms with Crippen LogP contribution in [0.4, 0.5) is 5.69 Å². The van der Waals surface area contributed by atoms with E-state index in [1.54, 1.807) is 23.1 Å². The number of methoxy groups -OCH3 is 2. The number of carbonyl (C=O) groups excluding carboxylic acids is 1. The lowest BCUT2D eigenvalue weighted by Crippen LogP contribution is -2.40. The molecule has 4 rings (SSSR count). The Morgan fingerprint density at radius 1 is 1.07 bits per heavy atom. The van der Waals surface area contributed by atoms with Gasteiger partial charge in [0.1, 0.15) is 4.90 Å². The molecule has 0 N–H and O–H groups in total. The second-order valence-electron chi connectivity index (χ2n) is 7.22. The summed E-state index contributed by atoms with van der Waals surface area (Å²) in [5.41, 5.74) is 2.21. The Bertz CT molecular complexity index is 1110. The molecule has 7 nitrogen and oxygen atoms in total. The maximum atomic E-state index is 13.6. The highest BCUT2D eigenvalue weighted by Gasteiger charge is 2.34. The van der Waals surface area contributed by atoms with Gasteiger partial charge >= 0.3 is 0 Å². The summed E-state index contributed by atoms with van der Waals surface area (Å²) in [6.07, 6.45) is 4.73. The molecule has 2 heterocycles. The van der Waals surface area contributed by atoms with Crippen LogP contribution in [0.3, 0.4) is 0 Å². The number of hydrogen-bond donors (Lipinski definition) is 0. The lowest BCUT2D eigenvalue weighted by atomic mass is 10.1. The molecule has 2 aliphatic heterocycles. The minimum Gasteiger partial charge on any atom is -0.493 e. The molecule has 1 amide bonds. The quantitative estimate of drug-likeness (QED) is 0.662. The van der Waals surface area contributed by atoms with Gasteiger partial charge in [0, 0.05) is 25.7 Å². The molecule has 1 fully saturated rings. The van der Waals surface area contributed by atoms with E-state index < -0.39 is 10.0 Å². The van der Waals surface area contributed by atoms with Gasteiger partial charge in [-0.15, -0.1) is 0 Å². The number of rotatable bonds is 6.